The van der Waals surface area contributed by atoms with Crippen molar-refractivity contribution in [3.05, 3.63) is 12.2 Å². The highest BCUT2D eigenvalue weighted by Gasteiger charge is 2.36. The van der Waals surface area contributed by atoms with Crippen LogP contribution >= 0.6 is 0 Å². The van der Waals surface area contributed by atoms with Crippen LogP contribution in [0.25, 0.3) is 0 Å². The van der Waals surface area contributed by atoms with Crippen molar-refractivity contribution >= 4 is 11.9 Å². The van der Waals surface area contributed by atoms with Crippen LogP contribution in [0.5, 0.6) is 0 Å². The lowest BCUT2D eigenvalue weighted by atomic mass is 9.79. The molecule has 0 aliphatic heterocycles. The maximum atomic E-state index is 12.1. The molecule has 1 rings (SSSR count). The smallest absolute Gasteiger partial charge is 0.309 e. The summed E-state index contributed by atoms with van der Waals surface area (Å²) in [5, 5.41) is 9.23. The predicted octanol–water partition coefficient (Wildman–Crippen LogP) is 5.90. The third-order valence-electron chi connectivity index (χ3n) is 5.29. The molecule has 0 heterocycles. The lowest BCUT2D eigenvalue weighted by Crippen LogP contribution is -2.33. The molecular weight excluding hydrogens is 328 g/mol. The molecule has 0 amide bonds. The monoisotopic (exact) mass is 366 g/mol. The first-order valence-electron chi connectivity index (χ1n) is 10.7. The van der Waals surface area contributed by atoms with Gasteiger partial charge in [-0.1, -0.05) is 64.0 Å². The van der Waals surface area contributed by atoms with E-state index >= 15 is 0 Å². The van der Waals surface area contributed by atoms with E-state index in [4.69, 9.17) is 4.74 Å². The Kier molecular flexibility index (Phi) is 12.9. The first-order valence-corrected chi connectivity index (χ1v) is 10.7. The molecule has 150 valence electrons. The molecule has 0 bridgehead atoms. The van der Waals surface area contributed by atoms with Gasteiger partial charge in [0.15, 0.2) is 0 Å². The fourth-order valence-corrected chi connectivity index (χ4v) is 3.63. The predicted molar refractivity (Wildman–Crippen MR) is 105 cm³/mol. The number of carbonyl (C=O) groups is 2. The summed E-state index contributed by atoms with van der Waals surface area (Å²) in [5.41, 5.74) is 0. The van der Waals surface area contributed by atoms with Gasteiger partial charge in [0.25, 0.3) is 0 Å². The number of carboxylic acids is 1. The van der Waals surface area contributed by atoms with Crippen LogP contribution < -0.4 is 0 Å². The number of esters is 1. The van der Waals surface area contributed by atoms with Crippen molar-refractivity contribution in [1.29, 1.82) is 0 Å². The second-order valence-electron chi connectivity index (χ2n) is 7.53. The molecule has 0 aromatic rings. The molecule has 1 aliphatic carbocycles. The molecule has 0 saturated heterocycles. The SMILES string of the molecule is CCCCC/C=C/CCCCCCCOC(=O)C1CCCCC1C(=O)O. The minimum absolute atomic E-state index is 0.301. The maximum Gasteiger partial charge on any atom is 0.309 e. The number of ether oxygens (including phenoxy) is 1. The summed E-state index contributed by atoms with van der Waals surface area (Å²) in [6.07, 6.45) is 19.6. The number of carboxylic acid groups (broad SMARTS) is 1. The van der Waals surface area contributed by atoms with Crippen LogP contribution in [0.3, 0.4) is 0 Å². The van der Waals surface area contributed by atoms with Gasteiger partial charge in [-0.15, -0.1) is 0 Å². The number of allylic oxidation sites excluding steroid dienone is 2. The van der Waals surface area contributed by atoms with Crippen LogP contribution in [0.2, 0.25) is 0 Å². The molecule has 1 aliphatic rings. The summed E-state index contributed by atoms with van der Waals surface area (Å²) in [5.74, 6) is -2.15. The van der Waals surface area contributed by atoms with E-state index in [0.717, 1.165) is 25.7 Å². The van der Waals surface area contributed by atoms with Gasteiger partial charge in [0, 0.05) is 0 Å². The third-order valence-corrected chi connectivity index (χ3v) is 5.29. The Labute approximate surface area is 159 Å². The molecule has 26 heavy (non-hydrogen) atoms. The van der Waals surface area contributed by atoms with Gasteiger partial charge in [-0.3, -0.25) is 9.59 Å². The summed E-state index contributed by atoms with van der Waals surface area (Å²) >= 11 is 0. The van der Waals surface area contributed by atoms with Crippen molar-refractivity contribution < 1.29 is 19.4 Å². The summed E-state index contributed by atoms with van der Waals surface area (Å²) in [4.78, 5) is 23.4. The Hall–Kier alpha value is -1.32. The first-order chi connectivity index (χ1) is 12.7. The van der Waals surface area contributed by atoms with Gasteiger partial charge in [0.1, 0.15) is 0 Å². The van der Waals surface area contributed by atoms with E-state index in [-0.39, 0.29) is 5.97 Å². The van der Waals surface area contributed by atoms with E-state index in [1.807, 2.05) is 0 Å². The normalized spacial score (nSPS) is 20.3. The second kappa shape index (κ2) is 14.8. The van der Waals surface area contributed by atoms with Crippen molar-refractivity contribution in [2.75, 3.05) is 6.61 Å². The highest BCUT2D eigenvalue weighted by Crippen LogP contribution is 2.31. The summed E-state index contributed by atoms with van der Waals surface area (Å²) in [6.45, 7) is 2.66. The number of hydrogen-bond acceptors (Lipinski definition) is 3. The number of hydrogen-bond donors (Lipinski definition) is 1. The Balaban J connectivity index is 1.98. The zero-order valence-electron chi connectivity index (χ0n) is 16.6. The third kappa shape index (κ3) is 9.98. The van der Waals surface area contributed by atoms with Gasteiger partial charge in [-0.05, 0) is 44.9 Å². The van der Waals surface area contributed by atoms with Crippen LogP contribution in [-0.4, -0.2) is 23.7 Å². The van der Waals surface area contributed by atoms with Crippen LogP contribution in [0, 0.1) is 11.8 Å². The van der Waals surface area contributed by atoms with Gasteiger partial charge in [0.05, 0.1) is 18.4 Å². The van der Waals surface area contributed by atoms with Gasteiger partial charge >= 0.3 is 11.9 Å². The van der Waals surface area contributed by atoms with Crippen LogP contribution in [-0.2, 0) is 14.3 Å². The van der Waals surface area contributed by atoms with Crippen LogP contribution in [0.15, 0.2) is 12.2 Å². The molecule has 1 N–H and O–H groups in total. The molecule has 4 heteroatoms. The Morgan fingerprint density at radius 1 is 0.885 bits per heavy atom. The van der Waals surface area contributed by atoms with E-state index in [0.29, 0.717) is 19.4 Å². The number of unbranched alkanes of at least 4 members (excludes halogenated alkanes) is 8. The van der Waals surface area contributed by atoms with E-state index in [9.17, 15) is 14.7 Å². The molecule has 1 fully saturated rings. The van der Waals surface area contributed by atoms with Crippen molar-refractivity contribution in [3.8, 4) is 0 Å². The summed E-state index contributed by atoms with van der Waals surface area (Å²) in [6, 6.07) is 0. The Bertz CT molecular complexity index is 416. The molecule has 4 nitrogen and oxygen atoms in total. The molecule has 2 atom stereocenters. The highest BCUT2D eigenvalue weighted by molar-refractivity contribution is 5.81. The van der Waals surface area contributed by atoms with Crippen LogP contribution in [0.1, 0.15) is 96.8 Å². The fourth-order valence-electron chi connectivity index (χ4n) is 3.63. The van der Waals surface area contributed by atoms with E-state index in [1.54, 1.807) is 0 Å². The maximum absolute atomic E-state index is 12.1. The molecule has 0 radical (unpaired) electrons. The van der Waals surface area contributed by atoms with Crippen molar-refractivity contribution in [2.24, 2.45) is 11.8 Å². The second-order valence-corrected chi connectivity index (χ2v) is 7.53. The molecule has 1 saturated carbocycles. The Morgan fingerprint density at radius 3 is 2.12 bits per heavy atom. The first kappa shape index (κ1) is 22.7. The van der Waals surface area contributed by atoms with Crippen molar-refractivity contribution in [2.45, 2.75) is 96.8 Å². The minimum atomic E-state index is -0.855. The molecule has 2 unspecified atom stereocenters. The van der Waals surface area contributed by atoms with Gasteiger partial charge in [0.2, 0.25) is 0 Å². The topological polar surface area (TPSA) is 63.6 Å². The quantitative estimate of drug-likeness (QED) is 0.236. The fraction of sp³-hybridized carbons (Fsp3) is 0.818. The molecule has 0 aromatic heterocycles. The zero-order valence-corrected chi connectivity index (χ0v) is 16.6. The van der Waals surface area contributed by atoms with E-state index < -0.39 is 17.8 Å². The minimum Gasteiger partial charge on any atom is -0.481 e. The number of carbonyl (C=O) groups excluding carboxylic acids is 1. The van der Waals surface area contributed by atoms with Crippen molar-refractivity contribution in [1.82, 2.24) is 0 Å². The average Bonchev–Trinajstić information content (AvgIpc) is 2.65. The summed E-state index contributed by atoms with van der Waals surface area (Å²) < 4.78 is 5.34. The lowest BCUT2D eigenvalue weighted by Gasteiger charge is -2.26. The van der Waals surface area contributed by atoms with Gasteiger partial charge in [-0.2, -0.15) is 0 Å². The number of rotatable bonds is 14. The molecular formula is C22H38O4. The zero-order chi connectivity index (χ0) is 19.0. The van der Waals surface area contributed by atoms with Crippen LogP contribution in [0.4, 0.5) is 0 Å². The number of aliphatic carboxylic acids is 1. The van der Waals surface area contributed by atoms with E-state index in [2.05, 4.69) is 19.1 Å². The highest BCUT2D eigenvalue weighted by atomic mass is 16.5. The summed E-state index contributed by atoms with van der Waals surface area (Å²) in [7, 11) is 0. The molecule has 0 spiro atoms. The Morgan fingerprint density at radius 2 is 1.46 bits per heavy atom. The largest absolute Gasteiger partial charge is 0.481 e. The van der Waals surface area contributed by atoms with Gasteiger partial charge < -0.3 is 9.84 Å². The van der Waals surface area contributed by atoms with Crippen molar-refractivity contribution in [3.63, 3.8) is 0 Å². The van der Waals surface area contributed by atoms with Gasteiger partial charge in [-0.25, -0.2) is 0 Å². The molecule has 0 aromatic carbocycles. The standard InChI is InChI=1S/C22H38O4/c1-2-3-4-5-6-7-8-9-10-11-12-15-18-26-22(25)20-17-14-13-16-19(20)21(23)24/h6-7,19-20H,2-5,8-18H2,1H3,(H,23,24)/b7-6+. The van der Waals surface area contributed by atoms with E-state index in [1.165, 1.54) is 51.4 Å². The lowest BCUT2D eigenvalue weighted by molar-refractivity contribution is -0.159. The average molecular weight is 367 g/mol.